The van der Waals surface area contributed by atoms with E-state index >= 15 is 0 Å². The van der Waals surface area contributed by atoms with Crippen molar-refractivity contribution >= 4 is 16.8 Å². The Morgan fingerprint density at radius 1 is 1.38 bits per heavy atom. The molecule has 0 N–H and O–H groups in total. The molecular formula is C16H21N3O2. The van der Waals surface area contributed by atoms with E-state index in [-0.39, 0.29) is 5.78 Å². The third kappa shape index (κ3) is 2.88. The lowest BCUT2D eigenvalue weighted by molar-refractivity contribution is -0.148. The first-order valence-electron chi connectivity index (χ1n) is 7.29. The smallest absolute Gasteiger partial charge is 0.241 e. The molecule has 0 aliphatic carbocycles. The zero-order valence-electron chi connectivity index (χ0n) is 12.7. The molecule has 1 heterocycles. The van der Waals surface area contributed by atoms with Gasteiger partial charge in [0.1, 0.15) is 5.52 Å². The maximum absolute atomic E-state index is 12.3. The minimum atomic E-state index is -1.22. The number of allylic oxidation sites excluding steroid dienone is 1. The van der Waals surface area contributed by atoms with Crippen LogP contribution in [0.4, 0.5) is 0 Å². The van der Waals surface area contributed by atoms with Gasteiger partial charge in [-0.25, -0.2) is 4.68 Å². The van der Waals surface area contributed by atoms with Crippen LogP contribution in [0.25, 0.3) is 11.0 Å². The molecule has 1 aromatic carbocycles. The summed E-state index contributed by atoms with van der Waals surface area (Å²) in [5.41, 5.74) is 0.300. The largest absolute Gasteiger partial charge is 0.344 e. The molecule has 5 nitrogen and oxygen atoms in total. The Hall–Kier alpha value is -2.01. The van der Waals surface area contributed by atoms with Crippen molar-refractivity contribution in [3.8, 4) is 0 Å². The summed E-state index contributed by atoms with van der Waals surface area (Å²) < 4.78 is 7.38. The van der Waals surface area contributed by atoms with Crippen molar-refractivity contribution < 1.29 is 9.53 Å². The number of benzene rings is 1. The van der Waals surface area contributed by atoms with Crippen LogP contribution in [0.1, 0.15) is 33.6 Å². The van der Waals surface area contributed by atoms with Crippen LogP contribution in [0, 0.1) is 0 Å². The number of carbonyl (C=O) groups excluding carboxylic acids is 1. The number of aromatic nitrogens is 3. The first kappa shape index (κ1) is 15.4. The maximum Gasteiger partial charge on any atom is 0.241 e. The van der Waals surface area contributed by atoms with Crippen molar-refractivity contribution in [2.45, 2.75) is 39.3 Å². The van der Waals surface area contributed by atoms with E-state index < -0.39 is 5.72 Å². The predicted octanol–water partition coefficient (Wildman–Crippen LogP) is 3.07. The second-order valence-corrected chi connectivity index (χ2v) is 4.87. The van der Waals surface area contributed by atoms with Gasteiger partial charge in [0.15, 0.2) is 5.78 Å². The molecule has 2 rings (SSSR count). The SMILES string of the molecule is CCC/C=C/C(OCC)(C(C)=O)n1nnc2ccccc21. The van der Waals surface area contributed by atoms with Gasteiger partial charge in [-0.15, -0.1) is 5.10 Å². The molecule has 112 valence electrons. The van der Waals surface area contributed by atoms with Crippen LogP contribution in [0.3, 0.4) is 0 Å². The summed E-state index contributed by atoms with van der Waals surface area (Å²) in [5.74, 6) is -0.118. The van der Waals surface area contributed by atoms with E-state index in [4.69, 9.17) is 4.74 Å². The van der Waals surface area contributed by atoms with Crippen LogP contribution in [0.5, 0.6) is 0 Å². The lowest BCUT2D eigenvalue weighted by Crippen LogP contribution is -2.42. The Bertz CT molecular complexity index is 648. The molecule has 21 heavy (non-hydrogen) atoms. The van der Waals surface area contributed by atoms with Crippen molar-refractivity contribution in [2.24, 2.45) is 0 Å². The molecule has 0 amide bonds. The lowest BCUT2D eigenvalue weighted by atomic mass is 10.1. The summed E-state index contributed by atoms with van der Waals surface area (Å²) >= 11 is 0. The van der Waals surface area contributed by atoms with E-state index in [0.29, 0.717) is 6.61 Å². The molecule has 5 heteroatoms. The van der Waals surface area contributed by atoms with Crippen LogP contribution in [-0.4, -0.2) is 27.4 Å². The quantitative estimate of drug-likeness (QED) is 0.734. The fourth-order valence-corrected chi connectivity index (χ4v) is 2.29. The van der Waals surface area contributed by atoms with Gasteiger partial charge in [-0.3, -0.25) is 4.79 Å². The zero-order valence-corrected chi connectivity index (χ0v) is 12.7. The number of Topliss-reactive ketones (excluding diaryl/α,β-unsaturated/α-hetero) is 1. The molecule has 0 spiro atoms. The Labute approximate surface area is 124 Å². The number of carbonyl (C=O) groups is 1. The minimum Gasteiger partial charge on any atom is -0.344 e. The highest BCUT2D eigenvalue weighted by atomic mass is 16.5. The van der Waals surface area contributed by atoms with Gasteiger partial charge in [0.25, 0.3) is 0 Å². The molecule has 0 bridgehead atoms. The van der Waals surface area contributed by atoms with E-state index in [1.54, 1.807) is 10.8 Å². The van der Waals surface area contributed by atoms with Crippen LogP contribution in [-0.2, 0) is 15.3 Å². The van der Waals surface area contributed by atoms with Gasteiger partial charge in [-0.1, -0.05) is 36.8 Å². The number of unbranched alkanes of at least 4 members (excludes halogenated alkanes) is 1. The molecule has 0 aliphatic heterocycles. The zero-order chi connectivity index (χ0) is 15.3. The van der Waals surface area contributed by atoms with E-state index in [0.717, 1.165) is 23.9 Å². The number of hydrogen-bond acceptors (Lipinski definition) is 4. The van der Waals surface area contributed by atoms with Crippen LogP contribution in [0.15, 0.2) is 36.4 Å². The first-order valence-corrected chi connectivity index (χ1v) is 7.29. The highest BCUT2D eigenvalue weighted by Gasteiger charge is 2.38. The number of hydrogen-bond donors (Lipinski definition) is 0. The summed E-state index contributed by atoms with van der Waals surface area (Å²) in [6, 6.07) is 7.55. The Morgan fingerprint density at radius 2 is 2.14 bits per heavy atom. The van der Waals surface area contributed by atoms with Gasteiger partial charge in [0, 0.05) is 6.61 Å². The van der Waals surface area contributed by atoms with Gasteiger partial charge in [-0.05, 0) is 38.5 Å². The van der Waals surface area contributed by atoms with E-state index in [2.05, 4.69) is 17.2 Å². The third-order valence-electron chi connectivity index (χ3n) is 3.33. The van der Waals surface area contributed by atoms with Crippen LogP contribution < -0.4 is 0 Å². The minimum absolute atomic E-state index is 0.118. The molecule has 0 saturated carbocycles. The summed E-state index contributed by atoms with van der Waals surface area (Å²) in [6.45, 7) is 5.88. The third-order valence-corrected chi connectivity index (χ3v) is 3.33. The molecular weight excluding hydrogens is 266 g/mol. The number of nitrogens with zero attached hydrogens (tertiary/aromatic N) is 3. The summed E-state index contributed by atoms with van der Waals surface area (Å²) in [6.07, 6.45) is 5.65. The molecule has 1 unspecified atom stereocenters. The number of rotatable bonds is 7. The van der Waals surface area contributed by atoms with Crippen molar-refractivity contribution in [1.29, 1.82) is 0 Å². The summed E-state index contributed by atoms with van der Waals surface area (Å²) in [5, 5.41) is 8.28. The van der Waals surface area contributed by atoms with E-state index in [1.165, 1.54) is 6.92 Å². The van der Waals surface area contributed by atoms with Crippen molar-refractivity contribution in [3.05, 3.63) is 36.4 Å². The molecule has 0 saturated heterocycles. The van der Waals surface area contributed by atoms with Gasteiger partial charge in [-0.2, -0.15) is 0 Å². The molecule has 0 fully saturated rings. The van der Waals surface area contributed by atoms with E-state index in [9.17, 15) is 4.79 Å². The number of para-hydroxylation sites is 1. The number of ketones is 1. The van der Waals surface area contributed by atoms with E-state index in [1.807, 2.05) is 37.3 Å². The first-order chi connectivity index (χ1) is 10.2. The molecule has 1 atom stereocenters. The van der Waals surface area contributed by atoms with Crippen LogP contribution in [0.2, 0.25) is 0 Å². The average Bonchev–Trinajstić information content (AvgIpc) is 2.90. The second-order valence-electron chi connectivity index (χ2n) is 4.87. The normalized spacial score (nSPS) is 14.6. The molecule has 1 aromatic heterocycles. The van der Waals surface area contributed by atoms with Gasteiger partial charge in [0.2, 0.25) is 5.72 Å². The Morgan fingerprint density at radius 3 is 2.81 bits per heavy atom. The fraction of sp³-hybridized carbons (Fsp3) is 0.438. The standard InChI is InChI=1S/C16H21N3O2/c1-4-6-9-12-16(13(3)20,21-5-2)19-15-11-8-7-10-14(15)17-18-19/h7-12H,4-6H2,1-3H3/b12-9+. The number of fused-ring (bicyclic) bond motifs is 1. The van der Waals surface area contributed by atoms with Crippen molar-refractivity contribution in [1.82, 2.24) is 15.0 Å². The average molecular weight is 287 g/mol. The highest BCUT2D eigenvalue weighted by Crippen LogP contribution is 2.26. The Balaban J connectivity index is 2.59. The van der Waals surface area contributed by atoms with Gasteiger partial charge in [0.05, 0.1) is 5.52 Å². The van der Waals surface area contributed by atoms with Crippen molar-refractivity contribution in [3.63, 3.8) is 0 Å². The fourth-order valence-electron chi connectivity index (χ4n) is 2.29. The highest BCUT2D eigenvalue weighted by molar-refractivity contribution is 5.87. The van der Waals surface area contributed by atoms with Gasteiger partial charge < -0.3 is 4.74 Å². The van der Waals surface area contributed by atoms with Gasteiger partial charge >= 0.3 is 0 Å². The maximum atomic E-state index is 12.3. The molecule has 2 aromatic rings. The Kier molecular flexibility index (Phi) is 4.85. The monoisotopic (exact) mass is 287 g/mol. The number of ether oxygens (including phenoxy) is 1. The summed E-state index contributed by atoms with van der Waals surface area (Å²) in [7, 11) is 0. The topological polar surface area (TPSA) is 57.0 Å². The second kappa shape index (κ2) is 6.63. The summed E-state index contributed by atoms with van der Waals surface area (Å²) in [4.78, 5) is 12.3. The molecule has 0 radical (unpaired) electrons. The molecule has 0 aliphatic rings. The van der Waals surface area contributed by atoms with Crippen molar-refractivity contribution in [2.75, 3.05) is 6.61 Å². The van der Waals surface area contributed by atoms with Crippen LogP contribution >= 0.6 is 0 Å². The lowest BCUT2D eigenvalue weighted by Gasteiger charge is -2.28. The predicted molar refractivity (Wildman–Crippen MR) is 81.9 cm³/mol.